The summed E-state index contributed by atoms with van der Waals surface area (Å²) in [5, 5.41) is 4.53. The van der Waals surface area contributed by atoms with Crippen LogP contribution in [0, 0.1) is 0 Å². The van der Waals surface area contributed by atoms with Crippen LogP contribution in [0.25, 0.3) is 10.8 Å². The van der Waals surface area contributed by atoms with Crippen LogP contribution in [0.4, 0.5) is 11.4 Å². The van der Waals surface area contributed by atoms with E-state index in [2.05, 4.69) is 30.8 Å². The Morgan fingerprint density at radius 3 is 2.14 bits per heavy atom. The van der Waals surface area contributed by atoms with Gasteiger partial charge in [-0.05, 0) is 65.8 Å². The van der Waals surface area contributed by atoms with E-state index in [-0.39, 0.29) is 16.2 Å². The number of benzene rings is 4. The molecule has 0 aromatic heterocycles. The van der Waals surface area contributed by atoms with Crippen molar-refractivity contribution in [1.29, 1.82) is 0 Å². The minimum atomic E-state index is -3.81. The summed E-state index contributed by atoms with van der Waals surface area (Å²) < 4.78 is 34.4. The minimum absolute atomic E-state index is 0.0333. The number of hydrogen-bond donors (Lipinski definition) is 2. The number of sulfonamides is 1. The number of anilines is 2. The molecule has 0 radical (unpaired) electrons. The molecule has 4 rings (SSSR count). The van der Waals surface area contributed by atoms with Crippen LogP contribution in [0.5, 0.6) is 5.75 Å². The fourth-order valence-electron chi connectivity index (χ4n) is 3.77. The summed E-state index contributed by atoms with van der Waals surface area (Å²) in [6.45, 7) is 8.07. The Morgan fingerprint density at radius 2 is 1.47 bits per heavy atom. The largest absolute Gasteiger partial charge is 0.481 e. The number of nitrogens with one attached hydrogen (secondary N) is 2. The molecule has 0 aliphatic heterocycles. The van der Waals surface area contributed by atoms with Crippen molar-refractivity contribution in [2.45, 2.75) is 44.1 Å². The smallest absolute Gasteiger partial charge is 0.265 e. The normalized spacial score (nSPS) is 12.7. The summed E-state index contributed by atoms with van der Waals surface area (Å²) in [7, 11) is -3.81. The highest BCUT2D eigenvalue weighted by Crippen LogP contribution is 2.27. The SMILES string of the molecule is C[C@@H](Oc1ccc(C(C)(C)C)cc1)C(=O)Nc1ccc(S(=O)(=O)Nc2cccc3ccccc23)cc1. The van der Waals surface area contributed by atoms with Crippen molar-refractivity contribution in [3.05, 3.63) is 96.6 Å². The zero-order chi connectivity index (χ0) is 25.9. The number of fused-ring (bicyclic) bond motifs is 1. The van der Waals surface area contributed by atoms with Gasteiger partial charge >= 0.3 is 0 Å². The van der Waals surface area contributed by atoms with Gasteiger partial charge in [0.05, 0.1) is 10.6 Å². The molecule has 0 saturated carbocycles. The molecule has 6 nitrogen and oxygen atoms in total. The molecule has 0 bridgehead atoms. The maximum absolute atomic E-state index is 13.0. The van der Waals surface area contributed by atoms with Gasteiger partial charge in [-0.15, -0.1) is 0 Å². The van der Waals surface area contributed by atoms with Crippen LogP contribution in [-0.4, -0.2) is 20.4 Å². The van der Waals surface area contributed by atoms with Crippen LogP contribution in [0.1, 0.15) is 33.3 Å². The van der Waals surface area contributed by atoms with Crippen LogP contribution < -0.4 is 14.8 Å². The first kappa shape index (κ1) is 25.3. The van der Waals surface area contributed by atoms with Crippen molar-refractivity contribution in [2.24, 2.45) is 0 Å². The first-order chi connectivity index (χ1) is 17.0. The maximum atomic E-state index is 13.0. The molecule has 0 spiro atoms. The maximum Gasteiger partial charge on any atom is 0.265 e. The summed E-state index contributed by atoms with van der Waals surface area (Å²) in [4.78, 5) is 12.7. The predicted octanol–water partition coefficient (Wildman–Crippen LogP) is 6.34. The highest BCUT2D eigenvalue weighted by Gasteiger charge is 2.19. The molecule has 0 unspecified atom stereocenters. The topological polar surface area (TPSA) is 84.5 Å². The quantitative estimate of drug-likeness (QED) is 0.309. The molecular formula is C29H30N2O4S. The third kappa shape index (κ3) is 5.86. The zero-order valence-electron chi connectivity index (χ0n) is 20.8. The molecule has 1 atom stereocenters. The van der Waals surface area contributed by atoms with Crippen molar-refractivity contribution < 1.29 is 17.9 Å². The van der Waals surface area contributed by atoms with E-state index in [4.69, 9.17) is 4.74 Å². The fourth-order valence-corrected chi connectivity index (χ4v) is 4.85. The molecule has 2 N–H and O–H groups in total. The molecular weight excluding hydrogens is 472 g/mol. The molecule has 0 aliphatic rings. The van der Waals surface area contributed by atoms with Gasteiger partial charge in [-0.2, -0.15) is 0 Å². The van der Waals surface area contributed by atoms with Crippen LogP contribution in [0.3, 0.4) is 0 Å². The summed E-state index contributed by atoms with van der Waals surface area (Å²) in [5.41, 5.74) is 2.19. The molecule has 0 saturated heterocycles. The Bertz CT molecular complexity index is 1470. The lowest BCUT2D eigenvalue weighted by atomic mass is 9.87. The van der Waals surface area contributed by atoms with Crippen molar-refractivity contribution >= 4 is 38.1 Å². The number of carbonyl (C=O) groups is 1. The Kier molecular flexibility index (Phi) is 7.04. The molecule has 7 heteroatoms. The summed E-state index contributed by atoms with van der Waals surface area (Å²) in [5.74, 6) is 0.269. The average molecular weight is 503 g/mol. The Balaban J connectivity index is 1.40. The number of hydrogen-bond acceptors (Lipinski definition) is 4. The van der Waals surface area contributed by atoms with Crippen molar-refractivity contribution in [2.75, 3.05) is 10.0 Å². The van der Waals surface area contributed by atoms with E-state index in [9.17, 15) is 13.2 Å². The third-order valence-electron chi connectivity index (χ3n) is 5.87. The van der Waals surface area contributed by atoms with Crippen molar-refractivity contribution in [3.8, 4) is 5.75 Å². The Morgan fingerprint density at radius 1 is 0.833 bits per heavy atom. The van der Waals surface area contributed by atoms with Gasteiger partial charge < -0.3 is 10.1 Å². The standard InChI is InChI=1S/C29H30N2O4S/c1-20(35-24-16-12-22(13-17-24)29(2,3)4)28(32)30-23-14-18-25(19-15-23)36(33,34)31-27-11-7-9-21-8-5-6-10-26(21)27/h5-20,31H,1-4H3,(H,30,32)/t20-/m1/s1. The monoisotopic (exact) mass is 502 g/mol. The summed E-state index contributed by atoms with van der Waals surface area (Å²) in [6, 6.07) is 26.7. The van der Waals surface area contributed by atoms with Crippen LogP contribution >= 0.6 is 0 Å². The second-order valence-electron chi connectivity index (χ2n) is 9.68. The van der Waals surface area contributed by atoms with E-state index in [1.165, 1.54) is 17.7 Å². The third-order valence-corrected chi connectivity index (χ3v) is 7.25. The van der Waals surface area contributed by atoms with E-state index in [1.807, 2.05) is 54.6 Å². The minimum Gasteiger partial charge on any atom is -0.481 e. The van der Waals surface area contributed by atoms with Gasteiger partial charge in [0.2, 0.25) is 0 Å². The zero-order valence-corrected chi connectivity index (χ0v) is 21.6. The predicted molar refractivity (Wildman–Crippen MR) is 145 cm³/mol. The first-order valence-electron chi connectivity index (χ1n) is 11.7. The molecule has 36 heavy (non-hydrogen) atoms. The fraction of sp³-hybridized carbons (Fsp3) is 0.207. The van der Waals surface area contributed by atoms with Crippen LogP contribution in [0.2, 0.25) is 0 Å². The molecule has 1 amide bonds. The van der Waals surface area contributed by atoms with Crippen molar-refractivity contribution in [3.63, 3.8) is 0 Å². The van der Waals surface area contributed by atoms with Gasteiger partial charge in [0.25, 0.3) is 15.9 Å². The van der Waals surface area contributed by atoms with E-state index >= 15 is 0 Å². The molecule has 4 aromatic rings. The second-order valence-corrected chi connectivity index (χ2v) is 11.4. The molecule has 0 fully saturated rings. The van der Waals surface area contributed by atoms with E-state index in [0.29, 0.717) is 17.1 Å². The van der Waals surface area contributed by atoms with Gasteiger partial charge in [-0.1, -0.05) is 69.3 Å². The lowest BCUT2D eigenvalue weighted by Gasteiger charge is -2.20. The van der Waals surface area contributed by atoms with E-state index in [0.717, 1.165) is 10.8 Å². The Hall–Kier alpha value is -3.84. The van der Waals surface area contributed by atoms with Gasteiger partial charge in [0.1, 0.15) is 5.75 Å². The lowest BCUT2D eigenvalue weighted by Crippen LogP contribution is -2.30. The number of ether oxygens (including phenoxy) is 1. The van der Waals surface area contributed by atoms with Gasteiger partial charge in [-0.25, -0.2) is 8.42 Å². The Labute approximate surface area is 212 Å². The first-order valence-corrected chi connectivity index (χ1v) is 13.2. The van der Waals surface area contributed by atoms with E-state index in [1.54, 1.807) is 31.2 Å². The highest BCUT2D eigenvalue weighted by molar-refractivity contribution is 7.92. The number of amides is 1. The van der Waals surface area contributed by atoms with Gasteiger partial charge in [0.15, 0.2) is 6.10 Å². The van der Waals surface area contributed by atoms with Crippen LogP contribution in [0.15, 0.2) is 95.9 Å². The molecule has 186 valence electrons. The molecule has 0 heterocycles. The lowest BCUT2D eigenvalue weighted by molar-refractivity contribution is -0.122. The van der Waals surface area contributed by atoms with Gasteiger partial charge in [0, 0.05) is 11.1 Å². The van der Waals surface area contributed by atoms with Gasteiger partial charge in [-0.3, -0.25) is 9.52 Å². The number of carbonyl (C=O) groups excluding carboxylic acids is 1. The molecule has 0 aliphatic carbocycles. The number of rotatable bonds is 7. The summed E-state index contributed by atoms with van der Waals surface area (Å²) >= 11 is 0. The van der Waals surface area contributed by atoms with Crippen molar-refractivity contribution in [1.82, 2.24) is 0 Å². The molecule has 4 aromatic carbocycles. The highest BCUT2D eigenvalue weighted by atomic mass is 32.2. The summed E-state index contributed by atoms with van der Waals surface area (Å²) in [6.07, 6.45) is -0.734. The average Bonchev–Trinajstić information content (AvgIpc) is 2.84. The van der Waals surface area contributed by atoms with E-state index < -0.39 is 16.1 Å². The van der Waals surface area contributed by atoms with Crippen LogP contribution in [-0.2, 0) is 20.2 Å². The second kappa shape index (κ2) is 10.0.